The van der Waals surface area contributed by atoms with Crippen LogP contribution in [0.25, 0.3) is 5.57 Å². The molecule has 0 aromatic heterocycles. The van der Waals surface area contributed by atoms with Gasteiger partial charge in [-0.1, -0.05) is 19.1 Å². The Labute approximate surface area is 89.2 Å². The van der Waals surface area contributed by atoms with Crippen LogP contribution in [0, 0.1) is 5.82 Å². The Bertz CT molecular complexity index is 301. The molecule has 0 fully saturated rings. The molecule has 1 aromatic rings. The molecule has 1 rings (SSSR count). The third kappa shape index (κ3) is 3.54. The van der Waals surface area contributed by atoms with Crippen LogP contribution in [-0.2, 0) is 0 Å². The van der Waals surface area contributed by atoms with Gasteiger partial charge in [0.15, 0.2) is 0 Å². The van der Waals surface area contributed by atoms with Gasteiger partial charge in [-0.15, -0.1) is 11.8 Å². The molecule has 0 aliphatic rings. The standard InChI is InChI=1S/C12H15FS/c1-3-8-14-9-10(2)11-4-6-12(13)7-5-11/h4-7,9H,3,8H2,1-2H3. The number of rotatable bonds is 4. The van der Waals surface area contributed by atoms with E-state index in [9.17, 15) is 4.39 Å². The SMILES string of the molecule is CCCSC=C(C)c1ccc(F)cc1. The molecule has 1 aromatic carbocycles. The highest BCUT2D eigenvalue weighted by molar-refractivity contribution is 8.02. The molecule has 0 aliphatic heterocycles. The summed E-state index contributed by atoms with van der Waals surface area (Å²) in [6.07, 6.45) is 1.18. The molecule has 0 amide bonds. The molecule has 0 atom stereocenters. The Morgan fingerprint density at radius 2 is 2.00 bits per heavy atom. The van der Waals surface area contributed by atoms with Gasteiger partial charge in [-0.05, 0) is 47.8 Å². The van der Waals surface area contributed by atoms with E-state index in [4.69, 9.17) is 0 Å². The van der Waals surface area contributed by atoms with E-state index >= 15 is 0 Å². The number of allylic oxidation sites excluding steroid dienone is 1. The smallest absolute Gasteiger partial charge is 0.123 e. The fourth-order valence-corrected chi connectivity index (χ4v) is 1.82. The summed E-state index contributed by atoms with van der Waals surface area (Å²) in [5, 5.41) is 2.14. The maximum atomic E-state index is 12.6. The molecule has 0 aliphatic carbocycles. The summed E-state index contributed by atoms with van der Waals surface area (Å²) in [4.78, 5) is 0. The Hall–Kier alpha value is -0.760. The summed E-state index contributed by atoms with van der Waals surface area (Å²) >= 11 is 1.80. The van der Waals surface area contributed by atoms with Crippen LogP contribution in [0.5, 0.6) is 0 Å². The summed E-state index contributed by atoms with van der Waals surface area (Å²) in [5.41, 5.74) is 2.29. The molecule has 0 spiro atoms. The van der Waals surface area contributed by atoms with E-state index in [1.54, 1.807) is 11.8 Å². The second kappa shape index (κ2) is 5.86. The minimum atomic E-state index is -0.178. The lowest BCUT2D eigenvalue weighted by Crippen LogP contribution is -1.80. The minimum absolute atomic E-state index is 0.178. The molecule has 0 radical (unpaired) electrons. The molecule has 0 unspecified atom stereocenters. The lowest BCUT2D eigenvalue weighted by molar-refractivity contribution is 0.627. The molecule has 76 valence electrons. The molecule has 0 bridgehead atoms. The van der Waals surface area contributed by atoms with Crippen LogP contribution in [0.1, 0.15) is 25.8 Å². The van der Waals surface area contributed by atoms with Crippen molar-refractivity contribution in [1.82, 2.24) is 0 Å². The lowest BCUT2D eigenvalue weighted by atomic mass is 10.1. The number of thioether (sulfide) groups is 1. The molecule has 2 heteroatoms. The third-order valence-corrected chi connectivity index (χ3v) is 3.05. The highest BCUT2D eigenvalue weighted by Gasteiger charge is 1.95. The van der Waals surface area contributed by atoms with Gasteiger partial charge in [-0.3, -0.25) is 0 Å². The zero-order valence-corrected chi connectivity index (χ0v) is 9.40. The number of benzene rings is 1. The van der Waals surface area contributed by atoms with Crippen LogP contribution in [0.3, 0.4) is 0 Å². The Kier molecular flexibility index (Phi) is 4.74. The van der Waals surface area contributed by atoms with Crippen molar-refractivity contribution >= 4 is 17.3 Å². The lowest BCUT2D eigenvalue weighted by Gasteiger charge is -2.00. The monoisotopic (exact) mass is 210 g/mol. The number of hydrogen-bond donors (Lipinski definition) is 0. The van der Waals surface area contributed by atoms with Crippen molar-refractivity contribution in [2.24, 2.45) is 0 Å². The summed E-state index contributed by atoms with van der Waals surface area (Å²) < 4.78 is 12.6. The third-order valence-electron chi connectivity index (χ3n) is 1.88. The van der Waals surface area contributed by atoms with E-state index in [2.05, 4.69) is 19.3 Å². The molecule has 14 heavy (non-hydrogen) atoms. The first-order chi connectivity index (χ1) is 6.74. The first kappa shape index (κ1) is 11.3. The van der Waals surface area contributed by atoms with Gasteiger partial charge in [0, 0.05) is 0 Å². The maximum Gasteiger partial charge on any atom is 0.123 e. The second-order valence-corrected chi connectivity index (χ2v) is 4.16. The van der Waals surface area contributed by atoms with E-state index in [0.717, 1.165) is 11.3 Å². The summed E-state index contributed by atoms with van der Waals surface area (Å²) in [6, 6.07) is 6.62. The van der Waals surface area contributed by atoms with Gasteiger partial charge in [0.25, 0.3) is 0 Å². The molecule has 0 N–H and O–H groups in total. The van der Waals surface area contributed by atoms with Crippen molar-refractivity contribution in [1.29, 1.82) is 0 Å². The van der Waals surface area contributed by atoms with Gasteiger partial charge < -0.3 is 0 Å². The molecule has 0 nitrogen and oxygen atoms in total. The highest BCUT2D eigenvalue weighted by atomic mass is 32.2. The fraction of sp³-hybridized carbons (Fsp3) is 0.333. The average molecular weight is 210 g/mol. The summed E-state index contributed by atoms with van der Waals surface area (Å²) in [6.45, 7) is 4.21. The summed E-state index contributed by atoms with van der Waals surface area (Å²) in [7, 11) is 0. The van der Waals surface area contributed by atoms with Crippen molar-refractivity contribution < 1.29 is 4.39 Å². The highest BCUT2D eigenvalue weighted by Crippen LogP contribution is 2.18. The van der Waals surface area contributed by atoms with Gasteiger partial charge in [0.1, 0.15) is 5.82 Å². The van der Waals surface area contributed by atoms with Crippen molar-refractivity contribution in [3.8, 4) is 0 Å². The average Bonchev–Trinajstić information content (AvgIpc) is 2.19. The van der Waals surface area contributed by atoms with Crippen LogP contribution in [0.2, 0.25) is 0 Å². The molecule has 0 saturated heterocycles. The van der Waals surface area contributed by atoms with E-state index in [-0.39, 0.29) is 5.82 Å². The van der Waals surface area contributed by atoms with Crippen molar-refractivity contribution in [3.05, 3.63) is 41.1 Å². The number of halogens is 1. The first-order valence-electron chi connectivity index (χ1n) is 4.78. The van der Waals surface area contributed by atoms with E-state index < -0.39 is 0 Å². The van der Waals surface area contributed by atoms with E-state index in [0.29, 0.717) is 0 Å². The zero-order chi connectivity index (χ0) is 10.4. The molecular weight excluding hydrogens is 195 g/mol. The largest absolute Gasteiger partial charge is 0.207 e. The molecular formula is C12H15FS. The van der Waals surface area contributed by atoms with Gasteiger partial charge in [-0.2, -0.15) is 0 Å². The maximum absolute atomic E-state index is 12.6. The van der Waals surface area contributed by atoms with Crippen LogP contribution < -0.4 is 0 Å². The van der Waals surface area contributed by atoms with Crippen molar-refractivity contribution in [3.63, 3.8) is 0 Å². The Morgan fingerprint density at radius 3 is 2.57 bits per heavy atom. The van der Waals surface area contributed by atoms with E-state index in [1.165, 1.54) is 24.1 Å². The van der Waals surface area contributed by atoms with Crippen LogP contribution in [-0.4, -0.2) is 5.75 Å². The predicted octanol–water partition coefficient (Wildman–Crippen LogP) is 4.33. The molecule has 0 heterocycles. The topological polar surface area (TPSA) is 0 Å². The Morgan fingerprint density at radius 1 is 1.36 bits per heavy atom. The molecule has 0 saturated carbocycles. The normalized spacial score (nSPS) is 11.8. The van der Waals surface area contributed by atoms with Gasteiger partial charge >= 0.3 is 0 Å². The zero-order valence-electron chi connectivity index (χ0n) is 8.59. The van der Waals surface area contributed by atoms with Crippen molar-refractivity contribution in [2.45, 2.75) is 20.3 Å². The number of hydrogen-bond acceptors (Lipinski definition) is 1. The first-order valence-corrected chi connectivity index (χ1v) is 5.83. The van der Waals surface area contributed by atoms with Gasteiger partial charge in [0.2, 0.25) is 0 Å². The van der Waals surface area contributed by atoms with Crippen LogP contribution in [0.4, 0.5) is 4.39 Å². The van der Waals surface area contributed by atoms with Crippen LogP contribution in [0.15, 0.2) is 29.7 Å². The van der Waals surface area contributed by atoms with E-state index in [1.807, 2.05) is 12.1 Å². The Balaban J connectivity index is 2.64. The van der Waals surface area contributed by atoms with Gasteiger partial charge in [0.05, 0.1) is 0 Å². The quantitative estimate of drug-likeness (QED) is 0.666. The van der Waals surface area contributed by atoms with Crippen molar-refractivity contribution in [2.75, 3.05) is 5.75 Å². The minimum Gasteiger partial charge on any atom is -0.207 e. The second-order valence-electron chi connectivity index (χ2n) is 3.18. The summed E-state index contributed by atoms with van der Waals surface area (Å²) in [5.74, 6) is 0.959. The predicted molar refractivity (Wildman–Crippen MR) is 62.8 cm³/mol. The van der Waals surface area contributed by atoms with Gasteiger partial charge in [-0.25, -0.2) is 4.39 Å². The van der Waals surface area contributed by atoms with Crippen LogP contribution >= 0.6 is 11.8 Å². The fourth-order valence-electron chi connectivity index (χ4n) is 1.08.